The minimum Gasteiger partial charge on any atom is -0.208 e. The zero-order valence-corrected chi connectivity index (χ0v) is 11.6. The van der Waals surface area contributed by atoms with Gasteiger partial charge in [0.2, 0.25) is 10.0 Å². The lowest BCUT2D eigenvalue weighted by Gasteiger charge is -2.18. The van der Waals surface area contributed by atoms with E-state index >= 15 is 0 Å². The molecule has 0 radical (unpaired) electrons. The van der Waals surface area contributed by atoms with E-state index in [2.05, 4.69) is 4.72 Å². The van der Waals surface area contributed by atoms with Crippen molar-refractivity contribution in [3.63, 3.8) is 0 Å². The molecule has 1 aromatic rings. The van der Waals surface area contributed by atoms with E-state index in [1.165, 1.54) is 6.08 Å². The van der Waals surface area contributed by atoms with E-state index in [9.17, 15) is 8.42 Å². The Bertz CT molecular complexity index is 498. The highest BCUT2D eigenvalue weighted by Crippen LogP contribution is 2.11. The monoisotopic (exact) mass is 273 g/mol. The Morgan fingerprint density at radius 3 is 2.18 bits per heavy atom. The van der Waals surface area contributed by atoms with Crippen molar-refractivity contribution in [2.45, 2.75) is 26.3 Å². The van der Waals surface area contributed by atoms with Gasteiger partial charge in [-0.1, -0.05) is 23.7 Å². The largest absolute Gasteiger partial charge is 0.234 e. The van der Waals surface area contributed by atoms with Gasteiger partial charge in [-0.3, -0.25) is 0 Å². The summed E-state index contributed by atoms with van der Waals surface area (Å²) in [6.45, 7) is 5.38. The molecule has 0 aliphatic heterocycles. The molecule has 0 bridgehead atoms. The Labute approximate surface area is 108 Å². The molecular formula is C12H16ClNO2S. The average Bonchev–Trinajstić information content (AvgIpc) is 2.13. The summed E-state index contributed by atoms with van der Waals surface area (Å²) in [7, 11) is -3.41. The second-order valence-corrected chi connectivity index (χ2v) is 6.75. The summed E-state index contributed by atoms with van der Waals surface area (Å²) in [5.74, 6) is 0. The first-order chi connectivity index (χ1) is 7.68. The van der Waals surface area contributed by atoms with Gasteiger partial charge in [-0.15, -0.1) is 0 Å². The molecular weight excluding hydrogens is 258 g/mol. The van der Waals surface area contributed by atoms with E-state index < -0.39 is 15.6 Å². The fourth-order valence-corrected chi connectivity index (χ4v) is 2.59. The molecule has 0 aliphatic rings. The summed E-state index contributed by atoms with van der Waals surface area (Å²) in [4.78, 5) is 0. The topological polar surface area (TPSA) is 46.2 Å². The summed E-state index contributed by atoms with van der Waals surface area (Å²) in [5, 5.41) is 1.78. The second-order valence-electron chi connectivity index (χ2n) is 4.75. The van der Waals surface area contributed by atoms with Gasteiger partial charge < -0.3 is 0 Å². The number of hydrogen-bond acceptors (Lipinski definition) is 2. The van der Waals surface area contributed by atoms with E-state index in [1.807, 2.05) is 0 Å². The fraction of sp³-hybridized carbons (Fsp3) is 0.333. The summed E-state index contributed by atoms with van der Waals surface area (Å²) in [5.41, 5.74) is 0.303. The van der Waals surface area contributed by atoms with Crippen LogP contribution in [-0.4, -0.2) is 14.0 Å². The van der Waals surface area contributed by atoms with Gasteiger partial charge in [-0.05, 0) is 44.5 Å². The van der Waals surface area contributed by atoms with E-state index in [-0.39, 0.29) is 0 Å². The maximum atomic E-state index is 11.7. The highest BCUT2D eigenvalue weighted by atomic mass is 35.5. The van der Waals surface area contributed by atoms with Crippen molar-refractivity contribution >= 4 is 27.7 Å². The molecule has 0 amide bonds. The molecule has 0 saturated heterocycles. The first kappa shape index (κ1) is 14.2. The fourth-order valence-electron chi connectivity index (χ4n) is 1.20. The number of hydrogen-bond donors (Lipinski definition) is 1. The molecule has 0 fully saturated rings. The highest BCUT2D eigenvalue weighted by Gasteiger charge is 2.16. The molecule has 0 spiro atoms. The Kier molecular flexibility index (Phi) is 4.36. The van der Waals surface area contributed by atoms with Gasteiger partial charge in [0.25, 0.3) is 0 Å². The Hall–Kier alpha value is -0.840. The van der Waals surface area contributed by atoms with Gasteiger partial charge in [0.05, 0.1) is 0 Å². The van der Waals surface area contributed by atoms with Crippen molar-refractivity contribution < 1.29 is 8.42 Å². The van der Waals surface area contributed by atoms with Crippen molar-refractivity contribution in [3.8, 4) is 0 Å². The van der Waals surface area contributed by atoms with E-state index in [4.69, 9.17) is 11.6 Å². The molecule has 0 unspecified atom stereocenters. The van der Waals surface area contributed by atoms with Crippen molar-refractivity contribution in [2.75, 3.05) is 0 Å². The third kappa shape index (κ3) is 5.86. The Morgan fingerprint density at radius 1 is 1.18 bits per heavy atom. The Balaban J connectivity index is 2.81. The zero-order valence-electron chi connectivity index (χ0n) is 10.1. The van der Waals surface area contributed by atoms with E-state index in [0.29, 0.717) is 5.02 Å². The maximum absolute atomic E-state index is 11.7. The van der Waals surface area contributed by atoms with Gasteiger partial charge in [0.1, 0.15) is 0 Å². The molecule has 0 atom stereocenters. The summed E-state index contributed by atoms with van der Waals surface area (Å²) in [6, 6.07) is 6.94. The molecule has 94 valence electrons. The standard InChI is InChI=1S/C12H16ClNO2S/c1-12(2,3)14-17(15,16)9-8-10-4-6-11(13)7-5-10/h4-9,14H,1-3H3/b9-8+. The van der Waals surface area contributed by atoms with Crippen LogP contribution in [0.2, 0.25) is 5.02 Å². The van der Waals surface area contributed by atoms with Crippen molar-refractivity contribution in [1.82, 2.24) is 4.72 Å². The first-order valence-electron chi connectivity index (χ1n) is 5.16. The quantitative estimate of drug-likeness (QED) is 0.920. The van der Waals surface area contributed by atoms with E-state index in [0.717, 1.165) is 11.0 Å². The number of nitrogens with one attached hydrogen (secondary N) is 1. The van der Waals surface area contributed by atoms with Crippen molar-refractivity contribution in [2.24, 2.45) is 0 Å². The van der Waals surface area contributed by atoms with Gasteiger partial charge >= 0.3 is 0 Å². The molecule has 1 rings (SSSR count). The smallest absolute Gasteiger partial charge is 0.208 e. The third-order valence-corrected chi connectivity index (χ3v) is 3.40. The SMILES string of the molecule is CC(C)(C)NS(=O)(=O)/C=C/c1ccc(Cl)cc1. The van der Waals surface area contributed by atoms with Crippen LogP contribution in [0.4, 0.5) is 0 Å². The molecule has 0 heterocycles. The predicted octanol–water partition coefficient (Wildman–Crippen LogP) is 3.03. The summed E-state index contributed by atoms with van der Waals surface area (Å²) < 4.78 is 25.9. The lowest BCUT2D eigenvalue weighted by atomic mass is 10.1. The minimum atomic E-state index is -3.41. The molecule has 0 saturated carbocycles. The summed E-state index contributed by atoms with van der Waals surface area (Å²) >= 11 is 5.73. The molecule has 1 aromatic carbocycles. The number of halogens is 1. The molecule has 5 heteroatoms. The van der Waals surface area contributed by atoms with Crippen LogP contribution >= 0.6 is 11.6 Å². The molecule has 3 nitrogen and oxygen atoms in total. The minimum absolute atomic E-state index is 0.483. The van der Waals surface area contributed by atoms with Crippen molar-refractivity contribution in [1.29, 1.82) is 0 Å². The van der Waals surface area contributed by atoms with Crippen LogP contribution in [0.25, 0.3) is 6.08 Å². The average molecular weight is 274 g/mol. The van der Waals surface area contributed by atoms with Crippen LogP contribution in [0.15, 0.2) is 29.7 Å². The van der Waals surface area contributed by atoms with E-state index in [1.54, 1.807) is 45.0 Å². The van der Waals surface area contributed by atoms with Gasteiger partial charge in [-0.2, -0.15) is 0 Å². The predicted molar refractivity (Wildman–Crippen MR) is 72.3 cm³/mol. The molecule has 0 aliphatic carbocycles. The third-order valence-electron chi connectivity index (χ3n) is 1.76. The number of rotatable bonds is 3. The Morgan fingerprint density at radius 2 is 1.71 bits per heavy atom. The first-order valence-corrected chi connectivity index (χ1v) is 7.08. The van der Waals surface area contributed by atoms with Crippen LogP contribution in [0.1, 0.15) is 26.3 Å². The lowest BCUT2D eigenvalue weighted by molar-refractivity contribution is 0.497. The zero-order chi connectivity index (χ0) is 13.1. The van der Waals surface area contributed by atoms with Crippen LogP contribution < -0.4 is 4.72 Å². The molecule has 17 heavy (non-hydrogen) atoms. The second kappa shape index (κ2) is 5.21. The van der Waals surface area contributed by atoms with Crippen LogP contribution in [-0.2, 0) is 10.0 Å². The van der Waals surface area contributed by atoms with Gasteiger partial charge in [0.15, 0.2) is 0 Å². The highest BCUT2D eigenvalue weighted by molar-refractivity contribution is 7.92. The van der Waals surface area contributed by atoms with Crippen LogP contribution in [0, 0.1) is 0 Å². The maximum Gasteiger partial charge on any atom is 0.234 e. The summed E-state index contributed by atoms with van der Waals surface area (Å²) in [6.07, 6.45) is 1.53. The number of benzene rings is 1. The van der Waals surface area contributed by atoms with Gasteiger partial charge in [-0.25, -0.2) is 13.1 Å². The molecule has 1 N–H and O–H groups in total. The normalized spacial score (nSPS) is 13.2. The van der Waals surface area contributed by atoms with Crippen LogP contribution in [0.5, 0.6) is 0 Å². The number of sulfonamides is 1. The lowest BCUT2D eigenvalue weighted by Crippen LogP contribution is -2.39. The molecule has 0 aromatic heterocycles. The van der Waals surface area contributed by atoms with Gasteiger partial charge in [0, 0.05) is 16.0 Å². The van der Waals surface area contributed by atoms with Crippen LogP contribution in [0.3, 0.4) is 0 Å². The van der Waals surface area contributed by atoms with Crippen molar-refractivity contribution in [3.05, 3.63) is 40.3 Å².